The van der Waals surface area contributed by atoms with Gasteiger partial charge in [-0.3, -0.25) is 4.79 Å². The fraction of sp³-hybridized carbons (Fsp3) is 0.333. The standard InChI is InChI=1S/C12H14N2O2/c1-8-10(7-11(15)14-13-8)12(16)9-5-3-2-4-6-9/h2-6,10,12,16H,7H2,1H3,(H,14,15)/t10-,12+/m1/s1. The van der Waals surface area contributed by atoms with Crippen LogP contribution in [0, 0.1) is 5.92 Å². The maximum Gasteiger partial charge on any atom is 0.240 e. The van der Waals surface area contributed by atoms with Crippen LogP contribution in [0.2, 0.25) is 0 Å². The van der Waals surface area contributed by atoms with Crippen LogP contribution < -0.4 is 5.43 Å². The van der Waals surface area contributed by atoms with Gasteiger partial charge in [0.1, 0.15) is 0 Å². The summed E-state index contributed by atoms with van der Waals surface area (Å²) in [6.07, 6.45) is -0.387. The molecule has 0 spiro atoms. The van der Waals surface area contributed by atoms with Gasteiger partial charge < -0.3 is 5.11 Å². The Morgan fingerprint density at radius 2 is 2.12 bits per heavy atom. The van der Waals surface area contributed by atoms with Crippen LogP contribution in [0.5, 0.6) is 0 Å². The van der Waals surface area contributed by atoms with Crippen LogP contribution in [0.25, 0.3) is 0 Å². The van der Waals surface area contributed by atoms with E-state index >= 15 is 0 Å². The van der Waals surface area contributed by atoms with Crippen molar-refractivity contribution < 1.29 is 9.90 Å². The third kappa shape index (κ3) is 2.12. The van der Waals surface area contributed by atoms with Crippen molar-refractivity contribution in [2.75, 3.05) is 0 Å². The van der Waals surface area contributed by atoms with E-state index in [1.165, 1.54) is 0 Å². The second-order valence-electron chi connectivity index (χ2n) is 3.95. The Bertz CT molecular complexity index is 414. The molecule has 1 aromatic rings. The van der Waals surface area contributed by atoms with Gasteiger partial charge in [-0.2, -0.15) is 5.10 Å². The molecular formula is C12H14N2O2. The summed E-state index contributed by atoms with van der Waals surface area (Å²) in [6.45, 7) is 1.82. The largest absolute Gasteiger partial charge is 0.388 e. The Morgan fingerprint density at radius 3 is 2.81 bits per heavy atom. The van der Waals surface area contributed by atoms with Gasteiger partial charge in [0, 0.05) is 18.1 Å². The second-order valence-corrected chi connectivity index (χ2v) is 3.95. The first-order valence-electron chi connectivity index (χ1n) is 5.24. The summed E-state index contributed by atoms with van der Waals surface area (Å²) in [7, 11) is 0. The molecule has 2 N–H and O–H groups in total. The predicted molar refractivity (Wildman–Crippen MR) is 60.8 cm³/mol. The second kappa shape index (κ2) is 4.45. The number of carbonyl (C=O) groups is 1. The molecule has 84 valence electrons. The van der Waals surface area contributed by atoms with Crippen molar-refractivity contribution in [3.8, 4) is 0 Å². The molecule has 0 aliphatic carbocycles. The minimum Gasteiger partial charge on any atom is -0.388 e. The van der Waals surface area contributed by atoms with Crippen molar-refractivity contribution in [2.24, 2.45) is 11.0 Å². The van der Waals surface area contributed by atoms with E-state index in [0.29, 0.717) is 0 Å². The lowest BCUT2D eigenvalue weighted by atomic mass is 9.88. The molecule has 2 atom stereocenters. The Kier molecular flexibility index (Phi) is 3.01. The molecule has 0 fully saturated rings. The molecule has 0 bridgehead atoms. The number of amides is 1. The van der Waals surface area contributed by atoms with Crippen molar-refractivity contribution in [3.05, 3.63) is 35.9 Å². The van der Waals surface area contributed by atoms with Crippen LogP contribution in [-0.4, -0.2) is 16.7 Å². The molecule has 0 aromatic heterocycles. The number of nitrogens with zero attached hydrogens (tertiary/aromatic N) is 1. The lowest BCUT2D eigenvalue weighted by molar-refractivity contribution is -0.122. The number of carbonyl (C=O) groups excluding carboxylic acids is 1. The quantitative estimate of drug-likeness (QED) is 0.784. The average molecular weight is 218 g/mol. The minimum atomic E-state index is -0.670. The Morgan fingerprint density at radius 1 is 1.44 bits per heavy atom. The first-order chi connectivity index (χ1) is 7.68. The van der Waals surface area contributed by atoms with Crippen molar-refractivity contribution in [1.82, 2.24) is 5.43 Å². The van der Waals surface area contributed by atoms with E-state index in [2.05, 4.69) is 10.5 Å². The highest BCUT2D eigenvalue weighted by Crippen LogP contribution is 2.27. The zero-order valence-corrected chi connectivity index (χ0v) is 9.05. The van der Waals surface area contributed by atoms with Crippen LogP contribution in [0.4, 0.5) is 0 Å². The first-order valence-corrected chi connectivity index (χ1v) is 5.24. The molecule has 0 saturated carbocycles. The number of rotatable bonds is 2. The van der Waals surface area contributed by atoms with Gasteiger partial charge in [-0.1, -0.05) is 30.3 Å². The number of hydrogen-bond donors (Lipinski definition) is 2. The van der Waals surface area contributed by atoms with Crippen LogP contribution in [0.1, 0.15) is 25.0 Å². The van der Waals surface area contributed by atoms with Crippen molar-refractivity contribution in [3.63, 3.8) is 0 Å². The summed E-state index contributed by atoms with van der Waals surface area (Å²) < 4.78 is 0. The molecule has 1 amide bonds. The number of nitrogens with one attached hydrogen (secondary N) is 1. The number of aliphatic hydroxyl groups is 1. The summed E-state index contributed by atoms with van der Waals surface area (Å²) in [5, 5.41) is 14.1. The monoisotopic (exact) mass is 218 g/mol. The summed E-state index contributed by atoms with van der Waals surface area (Å²) in [4.78, 5) is 11.2. The third-order valence-electron chi connectivity index (χ3n) is 2.82. The van der Waals surface area contributed by atoms with Gasteiger partial charge in [0.15, 0.2) is 0 Å². The van der Waals surface area contributed by atoms with Crippen LogP contribution >= 0.6 is 0 Å². The minimum absolute atomic E-state index is 0.148. The molecule has 1 aliphatic rings. The Balaban J connectivity index is 2.22. The van der Waals surface area contributed by atoms with E-state index < -0.39 is 6.10 Å². The normalized spacial score (nSPS) is 22.2. The molecule has 2 rings (SSSR count). The average Bonchev–Trinajstić information content (AvgIpc) is 2.32. The van der Waals surface area contributed by atoms with E-state index in [9.17, 15) is 9.90 Å². The third-order valence-corrected chi connectivity index (χ3v) is 2.82. The van der Waals surface area contributed by atoms with Crippen LogP contribution in [-0.2, 0) is 4.79 Å². The van der Waals surface area contributed by atoms with E-state index in [0.717, 1.165) is 11.3 Å². The topological polar surface area (TPSA) is 61.7 Å². The van der Waals surface area contributed by atoms with Gasteiger partial charge in [-0.25, -0.2) is 5.43 Å². The van der Waals surface area contributed by atoms with Crippen molar-refractivity contribution >= 4 is 11.6 Å². The van der Waals surface area contributed by atoms with E-state index in [-0.39, 0.29) is 18.2 Å². The molecule has 1 heterocycles. The van der Waals surface area contributed by atoms with Gasteiger partial charge in [0.2, 0.25) is 5.91 Å². The zero-order chi connectivity index (χ0) is 11.5. The molecular weight excluding hydrogens is 204 g/mol. The Labute approximate surface area is 94.0 Å². The summed E-state index contributed by atoms with van der Waals surface area (Å²) in [5.41, 5.74) is 3.98. The lowest BCUT2D eigenvalue weighted by Crippen LogP contribution is -2.34. The highest BCUT2D eigenvalue weighted by Gasteiger charge is 2.28. The maximum absolute atomic E-state index is 11.2. The molecule has 1 aromatic carbocycles. The summed E-state index contributed by atoms with van der Waals surface area (Å²) >= 11 is 0. The Hall–Kier alpha value is -1.68. The fourth-order valence-corrected chi connectivity index (χ4v) is 1.85. The lowest BCUT2D eigenvalue weighted by Gasteiger charge is -2.25. The molecule has 0 radical (unpaired) electrons. The van der Waals surface area contributed by atoms with Gasteiger partial charge in [-0.15, -0.1) is 0 Å². The van der Waals surface area contributed by atoms with E-state index in [1.54, 1.807) is 0 Å². The van der Waals surface area contributed by atoms with Crippen LogP contribution in [0.3, 0.4) is 0 Å². The van der Waals surface area contributed by atoms with Crippen LogP contribution in [0.15, 0.2) is 35.4 Å². The van der Waals surface area contributed by atoms with Gasteiger partial charge in [0.25, 0.3) is 0 Å². The van der Waals surface area contributed by atoms with Crippen molar-refractivity contribution in [1.29, 1.82) is 0 Å². The molecule has 4 nitrogen and oxygen atoms in total. The highest BCUT2D eigenvalue weighted by molar-refractivity contribution is 5.93. The molecule has 16 heavy (non-hydrogen) atoms. The predicted octanol–water partition coefficient (Wildman–Crippen LogP) is 1.23. The summed E-state index contributed by atoms with van der Waals surface area (Å²) in [5.74, 6) is -0.373. The van der Waals surface area contributed by atoms with Gasteiger partial charge >= 0.3 is 0 Å². The molecule has 4 heteroatoms. The van der Waals surface area contributed by atoms with Gasteiger partial charge in [0.05, 0.1) is 6.10 Å². The van der Waals surface area contributed by atoms with E-state index in [1.807, 2.05) is 37.3 Å². The number of aliphatic hydroxyl groups excluding tert-OH is 1. The highest BCUT2D eigenvalue weighted by atomic mass is 16.3. The maximum atomic E-state index is 11.2. The number of hydrazone groups is 1. The smallest absolute Gasteiger partial charge is 0.240 e. The summed E-state index contributed by atoms with van der Waals surface area (Å²) in [6, 6.07) is 9.33. The molecule has 0 saturated heterocycles. The number of hydrogen-bond acceptors (Lipinski definition) is 3. The molecule has 1 aliphatic heterocycles. The first kappa shape index (κ1) is 10.8. The SMILES string of the molecule is CC1=NNC(=O)C[C@H]1[C@@H](O)c1ccccc1. The zero-order valence-electron chi connectivity index (χ0n) is 9.05. The molecule has 0 unspecified atom stereocenters. The van der Waals surface area contributed by atoms with Crippen molar-refractivity contribution in [2.45, 2.75) is 19.4 Å². The van der Waals surface area contributed by atoms with Gasteiger partial charge in [-0.05, 0) is 12.5 Å². The van der Waals surface area contributed by atoms with E-state index in [4.69, 9.17) is 0 Å². The number of benzene rings is 1. The fourth-order valence-electron chi connectivity index (χ4n) is 1.85.